The number of benzene rings is 5. The van der Waals surface area contributed by atoms with Crippen molar-refractivity contribution in [2.45, 2.75) is 0 Å². The lowest BCUT2D eigenvalue weighted by molar-refractivity contribution is 1.30. The molecule has 0 radical (unpaired) electrons. The highest BCUT2D eigenvalue weighted by molar-refractivity contribution is 6.25. The van der Waals surface area contributed by atoms with Crippen molar-refractivity contribution in [3.63, 3.8) is 0 Å². The van der Waals surface area contributed by atoms with Gasteiger partial charge in [-0.15, -0.1) is 0 Å². The zero-order chi connectivity index (χ0) is 30.2. The summed E-state index contributed by atoms with van der Waals surface area (Å²) in [5, 5.41) is 21.5. The van der Waals surface area contributed by atoms with Gasteiger partial charge in [0.15, 0.2) is 11.4 Å². The molecule has 2 aromatic heterocycles. The van der Waals surface area contributed by atoms with Crippen molar-refractivity contribution in [3.8, 4) is 45.9 Å². The standard InChI is InChI=1S/C37H17N7/c1-40-26-17-15-24(16-18-26)34-35(23-13-11-22(20-38)12-14-23)44-37-31(43-34)19-30(41-2)33-32(37)28-9-5-6-10-29(28)42-36(33)27-8-4-3-7-25(27)21-39/h3-19H. The molecule has 0 saturated heterocycles. The molecule has 0 amide bonds. The van der Waals surface area contributed by atoms with Gasteiger partial charge in [-0.2, -0.15) is 10.5 Å². The fraction of sp³-hybridized carbons (Fsp3) is 0. The Hall–Kier alpha value is -6.93. The molecule has 0 fully saturated rings. The minimum Gasteiger partial charge on any atom is -0.248 e. The number of hydrogen-bond donors (Lipinski definition) is 0. The normalized spacial score (nSPS) is 10.6. The number of rotatable bonds is 3. The highest BCUT2D eigenvalue weighted by Gasteiger charge is 2.22. The van der Waals surface area contributed by atoms with Crippen molar-refractivity contribution in [2.75, 3.05) is 0 Å². The van der Waals surface area contributed by atoms with E-state index in [0.717, 1.165) is 21.9 Å². The summed E-state index contributed by atoms with van der Waals surface area (Å²) in [6, 6.07) is 35.4. The number of fused-ring (bicyclic) bond motifs is 5. The van der Waals surface area contributed by atoms with E-state index in [9.17, 15) is 10.5 Å². The summed E-state index contributed by atoms with van der Waals surface area (Å²) in [4.78, 5) is 22.8. The third kappa shape index (κ3) is 4.15. The molecule has 0 aliphatic carbocycles. The van der Waals surface area contributed by atoms with E-state index >= 15 is 0 Å². The molecular weight excluding hydrogens is 542 g/mol. The molecule has 2 heterocycles. The van der Waals surface area contributed by atoms with Gasteiger partial charge >= 0.3 is 0 Å². The van der Waals surface area contributed by atoms with Crippen LogP contribution in [0.4, 0.5) is 11.4 Å². The number of hydrogen-bond acceptors (Lipinski definition) is 5. The molecule has 0 aliphatic heterocycles. The summed E-state index contributed by atoms with van der Waals surface area (Å²) < 4.78 is 0. The van der Waals surface area contributed by atoms with Crippen LogP contribution >= 0.6 is 0 Å². The van der Waals surface area contributed by atoms with Crippen LogP contribution in [-0.2, 0) is 0 Å². The molecule has 0 aliphatic rings. The van der Waals surface area contributed by atoms with Gasteiger partial charge in [0.1, 0.15) is 0 Å². The molecule has 7 rings (SSSR count). The minimum atomic E-state index is 0.350. The third-order valence-corrected chi connectivity index (χ3v) is 7.56. The predicted octanol–water partition coefficient (Wildman–Crippen LogP) is 9.18. The number of para-hydroxylation sites is 1. The number of aromatic nitrogens is 3. The SMILES string of the molecule is [C-]#[N+]c1ccc(-c2nc3cc([N+]#[C-])c4c(-c5ccccc5C#N)nc5ccccc5c4c3nc2-c2ccc(C#N)cc2)cc1. The highest BCUT2D eigenvalue weighted by Crippen LogP contribution is 2.44. The van der Waals surface area contributed by atoms with Crippen LogP contribution in [0.1, 0.15) is 11.1 Å². The van der Waals surface area contributed by atoms with E-state index in [0.29, 0.717) is 67.1 Å². The lowest BCUT2D eigenvalue weighted by Crippen LogP contribution is -1.99. The fourth-order valence-corrected chi connectivity index (χ4v) is 5.51. The summed E-state index contributed by atoms with van der Waals surface area (Å²) in [6.07, 6.45) is 0. The van der Waals surface area contributed by atoms with Gasteiger partial charge < -0.3 is 0 Å². The predicted molar refractivity (Wildman–Crippen MR) is 171 cm³/mol. The zero-order valence-electron chi connectivity index (χ0n) is 22.9. The Labute approximate surface area is 252 Å². The van der Waals surface area contributed by atoms with Crippen LogP contribution in [0, 0.1) is 35.8 Å². The average molecular weight is 560 g/mol. The molecule has 0 unspecified atom stereocenters. The summed E-state index contributed by atoms with van der Waals surface area (Å²) in [6.45, 7) is 15.5. The van der Waals surface area contributed by atoms with E-state index < -0.39 is 0 Å². The maximum Gasteiger partial charge on any atom is 0.199 e. The second kappa shape index (κ2) is 10.5. The zero-order valence-corrected chi connectivity index (χ0v) is 22.9. The smallest absolute Gasteiger partial charge is 0.199 e. The van der Waals surface area contributed by atoms with Crippen LogP contribution in [0.25, 0.3) is 76.2 Å². The minimum absolute atomic E-state index is 0.350. The highest BCUT2D eigenvalue weighted by atomic mass is 14.8. The lowest BCUT2D eigenvalue weighted by atomic mass is 9.94. The molecule has 5 aromatic carbocycles. The van der Waals surface area contributed by atoms with Crippen molar-refractivity contribution < 1.29 is 0 Å². The maximum atomic E-state index is 9.94. The molecular formula is C37H17N7. The molecule has 7 heteroatoms. The van der Waals surface area contributed by atoms with Crippen LogP contribution in [0.15, 0.2) is 103 Å². The molecule has 7 nitrogen and oxygen atoms in total. The van der Waals surface area contributed by atoms with Crippen molar-refractivity contribution >= 4 is 44.1 Å². The van der Waals surface area contributed by atoms with E-state index in [1.165, 1.54) is 0 Å². The van der Waals surface area contributed by atoms with Crippen molar-refractivity contribution in [2.24, 2.45) is 0 Å². The van der Waals surface area contributed by atoms with E-state index in [1.54, 1.807) is 42.5 Å². The Bertz CT molecular complexity index is 2470. The Morgan fingerprint density at radius 1 is 0.591 bits per heavy atom. The van der Waals surface area contributed by atoms with Crippen molar-refractivity contribution in [1.82, 2.24) is 15.0 Å². The first-order valence-electron chi connectivity index (χ1n) is 13.6. The van der Waals surface area contributed by atoms with Gasteiger partial charge in [0.05, 0.1) is 70.0 Å². The first-order valence-corrected chi connectivity index (χ1v) is 13.6. The largest absolute Gasteiger partial charge is 0.248 e. The molecule has 7 aromatic rings. The van der Waals surface area contributed by atoms with Crippen molar-refractivity contribution in [1.29, 1.82) is 10.5 Å². The molecule has 0 atom stereocenters. The molecule has 0 spiro atoms. The molecule has 200 valence electrons. The summed E-state index contributed by atoms with van der Waals surface area (Å²) in [5.74, 6) is 0. The van der Waals surface area contributed by atoms with Gasteiger partial charge in [-0.25, -0.2) is 24.6 Å². The van der Waals surface area contributed by atoms with Crippen molar-refractivity contribution in [3.05, 3.63) is 137 Å². The Morgan fingerprint density at radius 3 is 1.95 bits per heavy atom. The molecule has 0 saturated carbocycles. The molecule has 0 bridgehead atoms. The number of nitriles is 2. The average Bonchev–Trinajstić information content (AvgIpc) is 3.10. The first-order chi connectivity index (χ1) is 21.6. The first kappa shape index (κ1) is 26.0. The van der Waals surface area contributed by atoms with Gasteiger partial charge in [0.25, 0.3) is 0 Å². The summed E-state index contributed by atoms with van der Waals surface area (Å²) in [7, 11) is 0. The van der Waals surface area contributed by atoms with Crippen LogP contribution in [0.3, 0.4) is 0 Å². The van der Waals surface area contributed by atoms with Gasteiger partial charge in [-0.3, -0.25) is 0 Å². The van der Waals surface area contributed by atoms with E-state index in [1.807, 2.05) is 60.7 Å². The topological polar surface area (TPSA) is 95.0 Å². The van der Waals surface area contributed by atoms with Gasteiger partial charge in [0, 0.05) is 27.3 Å². The van der Waals surface area contributed by atoms with Crippen LogP contribution in [0.2, 0.25) is 0 Å². The molecule has 0 N–H and O–H groups in total. The number of pyridine rings is 1. The Kier molecular flexibility index (Phi) is 6.19. The van der Waals surface area contributed by atoms with Gasteiger partial charge in [0.2, 0.25) is 0 Å². The Morgan fingerprint density at radius 2 is 1.25 bits per heavy atom. The van der Waals surface area contributed by atoms with Crippen LogP contribution in [-0.4, -0.2) is 15.0 Å². The maximum absolute atomic E-state index is 9.94. The molecule has 44 heavy (non-hydrogen) atoms. The van der Waals surface area contributed by atoms with E-state index in [2.05, 4.69) is 21.8 Å². The van der Waals surface area contributed by atoms with E-state index in [-0.39, 0.29) is 0 Å². The fourth-order valence-electron chi connectivity index (χ4n) is 5.51. The second-order valence-electron chi connectivity index (χ2n) is 10.0. The third-order valence-electron chi connectivity index (χ3n) is 7.56. The monoisotopic (exact) mass is 559 g/mol. The lowest BCUT2D eigenvalue weighted by Gasteiger charge is -2.16. The number of nitrogens with zero attached hydrogens (tertiary/aromatic N) is 7. The Balaban J connectivity index is 1.67. The van der Waals surface area contributed by atoms with Crippen LogP contribution in [0.5, 0.6) is 0 Å². The van der Waals surface area contributed by atoms with Crippen LogP contribution < -0.4 is 0 Å². The second-order valence-corrected chi connectivity index (χ2v) is 10.0. The quantitative estimate of drug-likeness (QED) is 0.159. The summed E-state index contributed by atoms with van der Waals surface area (Å²) in [5.41, 5.74) is 7.52. The van der Waals surface area contributed by atoms with E-state index in [4.69, 9.17) is 28.1 Å². The van der Waals surface area contributed by atoms with Gasteiger partial charge in [-0.1, -0.05) is 72.8 Å². The van der Waals surface area contributed by atoms with Gasteiger partial charge in [-0.05, 0) is 35.9 Å². The summed E-state index contributed by atoms with van der Waals surface area (Å²) >= 11 is 0.